The summed E-state index contributed by atoms with van der Waals surface area (Å²) in [6, 6.07) is 95.8. The molecule has 3 N–H and O–H groups in total. The van der Waals surface area contributed by atoms with Gasteiger partial charge in [-0.15, -0.1) is 0 Å². The predicted molar refractivity (Wildman–Crippen MR) is 288 cm³/mol. The maximum Gasteiger partial charge on any atom is 0.0714 e. The minimum atomic E-state index is -0.568. The number of rotatable bonds is 10. The molecule has 0 amide bonds. The van der Waals surface area contributed by atoms with Gasteiger partial charge in [0.2, 0.25) is 0 Å². The number of para-hydroxylation sites is 1. The van der Waals surface area contributed by atoms with Crippen LogP contribution in [0.2, 0.25) is 0 Å². The maximum absolute atomic E-state index is 7.49. The van der Waals surface area contributed by atoms with Crippen molar-refractivity contribution in [3.05, 3.63) is 317 Å². The summed E-state index contributed by atoms with van der Waals surface area (Å²) in [5.41, 5.74) is 28.2. The number of nitrogens with one attached hydrogen (secondary N) is 1. The highest BCUT2D eigenvalue weighted by atomic mass is 15.1. The van der Waals surface area contributed by atoms with Crippen LogP contribution in [0.3, 0.4) is 0 Å². The van der Waals surface area contributed by atoms with Crippen molar-refractivity contribution >= 4 is 40.1 Å². The molecule has 328 valence electrons. The molecule has 10 aromatic rings. The molecule has 0 saturated heterocycles. The Labute approximate surface area is 404 Å². The smallest absolute Gasteiger partial charge is 0.0714 e. The largest absolute Gasteiger partial charge is 0.354 e. The van der Waals surface area contributed by atoms with E-state index in [-0.39, 0.29) is 0 Å². The summed E-state index contributed by atoms with van der Waals surface area (Å²) in [6.45, 7) is 0. The lowest BCUT2D eigenvalue weighted by atomic mass is 9.67. The lowest BCUT2D eigenvalue weighted by Crippen LogP contribution is -2.28. The Bertz CT molecular complexity index is 3470. The fourth-order valence-corrected chi connectivity index (χ4v) is 10.9. The highest BCUT2D eigenvalue weighted by Crippen LogP contribution is 2.57. The number of anilines is 3. The van der Waals surface area contributed by atoms with Crippen LogP contribution in [0.5, 0.6) is 0 Å². The van der Waals surface area contributed by atoms with Crippen molar-refractivity contribution in [2.75, 3.05) is 4.90 Å². The Balaban J connectivity index is 1.14. The summed E-state index contributed by atoms with van der Waals surface area (Å²) in [4.78, 5) is 2.46. The predicted octanol–water partition coefficient (Wildman–Crippen LogP) is 15.9. The minimum absolute atomic E-state index is 0.430. The molecular weight excluding hydrogens is 835 g/mol. The van der Waals surface area contributed by atoms with Gasteiger partial charge >= 0.3 is 0 Å². The average Bonchev–Trinajstić information content (AvgIpc) is 3.73. The van der Waals surface area contributed by atoms with Crippen molar-refractivity contribution in [1.82, 2.24) is 5.32 Å². The molecule has 3 heteroatoms. The van der Waals surface area contributed by atoms with Gasteiger partial charge in [0.05, 0.1) is 22.8 Å². The van der Waals surface area contributed by atoms with Crippen LogP contribution in [0, 0.1) is 0 Å². The van der Waals surface area contributed by atoms with Crippen LogP contribution in [0.1, 0.15) is 56.1 Å². The van der Waals surface area contributed by atoms with Gasteiger partial charge in [-0.3, -0.25) is 0 Å². The Morgan fingerprint density at radius 2 is 0.928 bits per heavy atom. The van der Waals surface area contributed by atoms with Gasteiger partial charge in [0.25, 0.3) is 0 Å². The second kappa shape index (κ2) is 17.8. The van der Waals surface area contributed by atoms with E-state index in [1.807, 2.05) is 6.07 Å². The number of nitrogens with two attached hydrogens (primary N) is 1. The van der Waals surface area contributed by atoms with E-state index < -0.39 is 11.5 Å². The van der Waals surface area contributed by atoms with Crippen LogP contribution < -0.4 is 16.0 Å². The summed E-state index contributed by atoms with van der Waals surface area (Å²) in [5, 5.41) is 3.99. The Hall–Kier alpha value is -8.76. The Morgan fingerprint density at radius 1 is 0.420 bits per heavy atom. The molecule has 1 unspecified atom stereocenters. The monoisotopic (exact) mass is 883 g/mol. The van der Waals surface area contributed by atoms with E-state index in [1.54, 1.807) is 0 Å². The summed E-state index contributed by atoms with van der Waals surface area (Å²) < 4.78 is 0. The molecule has 2 aliphatic rings. The van der Waals surface area contributed by atoms with Crippen LogP contribution in [-0.2, 0) is 5.41 Å². The number of nitrogens with zero attached hydrogens (tertiary/aromatic N) is 1. The molecule has 1 heterocycles. The summed E-state index contributed by atoms with van der Waals surface area (Å²) in [7, 11) is 0. The van der Waals surface area contributed by atoms with E-state index in [1.165, 1.54) is 33.4 Å². The molecule has 69 heavy (non-hydrogen) atoms. The van der Waals surface area contributed by atoms with Crippen LogP contribution in [0.25, 0.3) is 45.3 Å². The fourth-order valence-electron chi connectivity index (χ4n) is 10.9. The molecule has 1 aliphatic heterocycles. The van der Waals surface area contributed by atoms with E-state index in [2.05, 4.69) is 277 Å². The van der Waals surface area contributed by atoms with Gasteiger partial charge in [0.15, 0.2) is 0 Å². The second-order valence-corrected chi connectivity index (χ2v) is 17.8. The fraction of sp³-hybridized carbons (Fsp3) is 0.0303. The third-order valence-corrected chi connectivity index (χ3v) is 14.0. The van der Waals surface area contributed by atoms with Crippen LogP contribution in [-0.4, -0.2) is 0 Å². The lowest BCUT2D eigenvalue weighted by molar-refractivity contribution is 0.768. The molecule has 0 spiro atoms. The summed E-state index contributed by atoms with van der Waals surface area (Å²) >= 11 is 0. The van der Waals surface area contributed by atoms with Gasteiger partial charge in [-0.25, -0.2) is 0 Å². The zero-order valence-electron chi connectivity index (χ0n) is 38.1. The van der Waals surface area contributed by atoms with Gasteiger partial charge in [0.1, 0.15) is 0 Å². The number of fused-ring (bicyclic) bond motifs is 4. The number of benzene rings is 10. The molecule has 3 nitrogen and oxygen atoms in total. The molecule has 0 aromatic heterocycles. The van der Waals surface area contributed by atoms with Gasteiger partial charge < -0.3 is 16.0 Å². The number of hydrogen-bond donors (Lipinski definition) is 2. The molecule has 12 rings (SSSR count). The van der Waals surface area contributed by atoms with E-state index in [0.717, 1.165) is 73.0 Å². The zero-order valence-corrected chi connectivity index (χ0v) is 38.1. The first-order valence-corrected chi connectivity index (χ1v) is 23.8. The van der Waals surface area contributed by atoms with Crippen LogP contribution >= 0.6 is 0 Å². The molecule has 0 saturated carbocycles. The number of hydrogen-bond acceptors (Lipinski definition) is 3. The van der Waals surface area contributed by atoms with Crippen molar-refractivity contribution in [2.45, 2.75) is 11.5 Å². The Morgan fingerprint density at radius 3 is 1.59 bits per heavy atom. The van der Waals surface area contributed by atoms with Crippen molar-refractivity contribution in [1.29, 1.82) is 0 Å². The summed E-state index contributed by atoms with van der Waals surface area (Å²) in [6.07, 6.45) is 2.28. The molecule has 1 atom stereocenters. The highest BCUT2D eigenvalue weighted by Gasteiger charge is 2.46. The molecular formula is C66H49N3. The first-order chi connectivity index (χ1) is 34.2. The van der Waals surface area contributed by atoms with Crippen molar-refractivity contribution in [2.24, 2.45) is 5.73 Å². The van der Waals surface area contributed by atoms with Crippen LogP contribution in [0.15, 0.2) is 267 Å². The first kappa shape index (κ1) is 41.7. The van der Waals surface area contributed by atoms with Gasteiger partial charge in [-0.1, -0.05) is 237 Å². The van der Waals surface area contributed by atoms with E-state index in [4.69, 9.17) is 5.73 Å². The molecule has 0 radical (unpaired) electrons. The van der Waals surface area contributed by atoms with Crippen molar-refractivity contribution in [3.8, 4) is 22.3 Å². The topological polar surface area (TPSA) is 41.3 Å². The SMILES string of the molecule is NC(/C(=C1\NC(c2ccccc2)=Cc2ccc(N(c3ccc4c(c3)C(c3ccccc3)(c3ccccc3)c3ccccc3-4)c3ccccc3-c3ccccc3)cc21)c1ccccc1)c1ccccc1. The Kier molecular flexibility index (Phi) is 10.7. The van der Waals surface area contributed by atoms with Gasteiger partial charge in [0, 0.05) is 33.8 Å². The normalized spacial score (nSPS) is 14.3. The van der Waals surface area contributed by atoms with Crippen molar-refractivity contribution in [3.63, 3.8) is 0 Å². The quantitative estimate of drug-likeness (QED) is 0.144. The molecule has 1 aliphatic carbocycles. The highest BCUT2D eigenvalue weighted by molar-refractivity contribution is 6.04. The van der Waals surface area contributed by atoms with E-state index >= 15 is 0 Å². The van der Waals surface area contributed by atoms with Gasteiger partial charge in [-0.05, 0) is 97.6 Å². The molecule has 0 bridgehead atoms. The van der Waals surface area contributed by atoms with E-state index in [0.29, 0.717) is 0 Å². The molecule has 10 aromatic carbocycles. The van der Waals surface area contributed by atoms with Gasteiger partial charge in [-0.2, -0.15) is 0 Å². The minimum Gasteiger partial charge on any atom is -0.354 e. The second-order valence-electron chi connectivity index (χ2n) is 17.8. The average molecular weight is 884 g/mol. The summed E-state index contributed by atoms with van der Waals surface area (Å²) in [5.74, 6) is 0. The molecule has 0 fully saturated rings. The lowest BCUT2D eigenvalue weighted by Gasteiger charge is -2.35. The third-order valence-electron chi connectivity index (χ3n) is 14.0. The van der Waals surface area contributed by atoms with Crippen molar-refractivity contribution < 1.29 is 0 Å². The third kappa shape index (κ3) is 7.28. The van der Waals surface area contributed by atoms with E-state index in [9.17, 15) is 0 Å². The maximum atomic E-state index is 7.49. The van der Waals surface area contributed by atoms with Crippen LogP contribution in [0.4, 0.5) is 17.1 Å². The first-order valence-electron chi connectivity index (χ1n) is 23.8. The standard InChI is InChI=1S/C66H49N3/c67-64(49-29-13-4-14-30-49)63(48-27-11-3-12-28-48)65-58-44-53(40-39-50(58)43-61(68-65)47-25-9-2-10-26-47)69(62-38-22-20-35-55(62)46-23-7-1-8-24-46)54-41-42-57-56-36-19-21-37-59(56)66(60(57)45-54,51-31-15-5-16-32-51)52-33-17-6-18-34-52/h1-45,64,68H,67H2/b65-63-. The zero-order chi connectivity index (χ0) is 46.2.